The highest BCUT2D eigenvalue weighted by Crippen LogP contribution is 2.58. The van der Waals surface area contributed by atoms with Crippen molar-refractivity contribution in [3.63, 3.8) is 0 Å². The van der Waals surface area contributed by atoms with Gasteiger partial charge in [-0.3, -0.25) is 14.3 Å². The van der Waals surface area contributed by atoms with E-state index in [0.717, 1.165) is 22.0 Å². The molecular formula is C25H23N2OPS. The molecule has 0 bridgehead atoms. The molecule has 5 heteroatoms. The van der Waals surface area contributed by atoms with Gasteiger partial charge in [-0.1, -0.05) is 78.5 Å². The summed E-state index contributed by atoms with van der Waals surface area (Å²) in [6, 6.07) is 27.8. The van der Waals surface area contributed by atoms with Crippen LogP contribution in [0.1, 0.15) is 28.3 Å². The highest BCUT2D eigenvalue weighted by atomic mass is 32.4. The lowest BCUT2D eigenvalue weighted by Gasteiger charge is -2.32. The summed E-state index contributed by atoms with van der Waals surface area (Å²) < 4.78 is 1.64. The van der Waals surface area contributed by atoms with Crippen molar-refractivity contribution in [2.24, 2.45) is 0 Å². The van der Waals surface area contributed by atoms with Gasteiger partial charge in [0.2, 0.25) is 5.91 Å². The molecule has 0 aliphatic carbocycles. The van der Waals surface area contributed by atoms with E-state index in [1.165, 1.54) is 0 Å². The van der Waals surface area contributed by atoms with Crippen molar-refractivity contribution in [2.45, 2.75) is 19.0 Å². The molecule has 4 aromatic rings. The standard InChI is InChI=1S/C25H23N2OPS/c1-20-11-10-16-23(26-20)24(19-25(28)27-17-8-9-18-27)29(30,21-12-4-2-5-13-21)22-14-6-3-7-15-22/h2-18,24H,19H2,1H3/t24-/m0/s1. The summed E-state index contributed by atoms with van der Waals surface area (Å²) in [4.78, 5) is 18.0. The van der Waals surface area contributed by atoms with Gasteiger partial charge >= 0.3 is 0 Å². The highest BCUT2D eigenvalue weighted by molar-refractivity contribution is 8.22. The van der Waals surface area contributed by atoms with Crippen molar-refractivity contribution in [3.05, 3.63) is 115 Å². The smallest absolute Gasteiger partial charge is 0.231 e. The molecule has 1 atom stereocenters. The number of hydrogen-bond donors (Lipinski definition) is 0. The predicted octanol–water partition coefficient (Wildman–Crippen LogP) is 5.09. The second kappa shape index (κ2) is 8.91. The third-order valence-corrected chi connectivity index (χ3v) is 10.7. The van der Waals surface area contributed by atoms with Crippen molar-refractivity contribution in [3.8, 4) is 0 Å². The van der Waals surface area contributed by atoms with Crippen LogP contribution in [0.4, 0.5) is 0 Å². The van der Waals surface area contributed by atoms with Crippen LogP contribution in [0.5, 0.6) is 0 Å². The Morgan fingerprint density at radius 2 is 1.43 bits per heavy atom. The first-order valence-corrected chi connectivity index (χ1v) is 12.8. The third kappa shape index (κ3) is 4.07. The Bertz CT molecular complexity index is 1130. The van der Waals surface area contributed by atoms with Gasteiger partial charge in [-0.05, 0) is 41.8 Å². The number of hydrogen-bond acceptors (Lipinski definition) is 3. The summed E-state index contributed by atoms with van der Waals surface area (Å²) >= 11 is 6.54. The van der Waals surface area contributed by atoms with Gasteiger partial charge in [-0.15, -0.1) is 0 Å². The number of aromatic nitrogens is 2. The van der Waals surface area contributed by atoms with Crippen LogP contribution >= 0.6 is 6.04 Å². The molecular weight excluding hydrogens is 407 g/mol. The summed E-state index contributed by atoms with van der Waals surface area (Å²) in [7, 11) is 0. The molecule has 3 nitrogen and oxygen atoms in total. The molecule has 2 aromatic carbocycles. The summed E-state index contributed by atoms with van der Waals surface area (Å²) in [6.45, 7) is 1.98. The Balaban J connectivity index is 1.91. The van der Waals surface area contributed by atoms with Gasteiger partial charge in [-0.2, -0.15) is 0 Å². The van der Waals surface area contributed by atoms with Crippen LogP contribution in [0.3, 0.4) is 0 Å². The molecule has 2 aromatic heterocycles. The third-order valence-electron chi connectivity index (χ3n) is 5.23. The van der Waals surface area contributed by atoms with Crippen molar-refractivity contribution in [1.82, 2.24) is 9.55 Å². The molecule has 0 saturated carbocycles. The Hall–Kier alpha value is -2.81. The Morgan fingerprint density at radius 3 is 1.97 bits per heavy atom. The van der Waals surface area contributed by atoms with Crippen molar-refractivity contribution in [2.75, 3.05) is 0 Å². The number of benzene rings is 2. The maximum Gasteiger partial charge on any atom is 0.231 e. The van der Waals surface area contributed by atoms with E-state index in [0.29, 0.717) is 6.42 Å². The van der Waals surface area contributed by atoms with Crippen LogP contribution in [-0.4, -0.2) is 15.5 Å². The normalized spacial score (nSPS) is 12.4. The molecule has 0 amide bonds. The fourth-order valence-electron chi connectivity index (χ4n) is 3.75. The Kier molecular flexibility index (Phi) is 6.08. The van der Waals surface area contributed by atoms with E-state index in [2.05, 4.69) is 24.3 Å². The van der Waals surface area contributed by atoms with Crippen LogP contribution in [0, 0.1) is 6.92 Å². The maximum absolute atomic E-state index is 13.2. The topological polar surface area (TPSA) is 34.9 Å². The quantitative estimate of drug-likeness (QED) is 0.400. The Labute approximate surface area is 182 Å². The number of nitrogens with zero attached hydrogens (tertiary/aromatic N) is 2. The largest absolute Gasteiger partial charge is 0.295 e. The number of pyridine rings is 1. The van der Waals surface area contributed by atoms with E-state index in [1.807, 2.05) is 73.7 Å². The fourth-order valence-corrected chi connectivity index (χ4v) is 8.20. The molecule has 0 fully saturated rings. The van der Waals surface area contributed by atoms with Crippen LogP contribution in [0.2, 0.25) is 0 Å². The van der Waals surface area contributed by atoms with E-state index in [-0.39, 0.29) is 11.6 Å². The zero-order chi connectivity index (χ0) is 21.0. The zero-order valence-electron chi connectivity index (χ0n) is 16.8. The molecule has 0 spiro atoms. The van der Waals surface area contributed by atoms with Gasteiger partial charge in [0.15, 0.2) is 0 Å². The fraction of sp³-hybridized carbons (Fsp3) is 0.120. The minimum atomic E-state index is -2.39. The first kappa shape index (κ1) is 20.5. The number of carbonyl (C=O) groups is 1. The lowest BCUT2D eigenvalue weighted by Crippen LogP contribution is -2.25. The Morgan fingerprint density at radius 1 is 0.867 bits per heavy atom. The molecule has 2 heterocycles. The monoisotopic (exact) mass is 430 g/mol. The summed E-state index contributed by atoms with van der Waals surface area (Å²) in [5, 5.41) is 2.19. The number of aryl methyl sites for hydroxylation is 1. The van der Waals surface area contributed by atoms with Gasteiger partial charge in [0.1, 0.15) is 0 Å². The summed E-state index contributed by atoms with van der Waals surface area (Å²) in [6.07, 6.45) is 3.88. The highest BCUT2D eigenvalue weighted by Gasteiger charge is 2.36. The predicted molar refractivity (Wildman–Crippen MR) is 128 cm³/mol. The molecule has 150 valence electrons. The van der Waals surface area contributed by atoms with E-state index >= 15 is 0 Å². The molecule has 4 rings (SSSR count). The molecule has 0 unspecified atom stereocenters. The van der Waals surface area contributed by atoms with Crippen molar-refractivity contribution < 1.29 is 4.79 Å². The molecule has 0 N–H and O–H groups in total. The van der Waals surface area contributed by atoms with Crippen molar-refractivity contribution in [1.29, 1.82) is 0 Å². The first-order chi connectivity index (χ1) is 14.6. The van der Waals surface area contributed by atoms with E-state index in [1.54, 1.807) is 17.0 Å². The average Bonchev–Trinajstić information content (AvgIpc) is 3.33. The molecule has 0 saturated heterocycles. The number of rotatable bonds is 6. The summed E-state index contributed by atoms with van der Waals surface area (Å²) in [5.41, 5.74) is 1.60. The van der Waals surface area contributed by atoms with Gasteiger partial charge < -0.3 is 0 Å². The van der Waals surface area contributed by atoms with Gasteiger partial charge in [-0.25, -0.2) is 0 Å². The van der Waals surface area contributed by atoms with Gasteiger partial charge in [0.25, 0.3) is 0 Å². The van der Waals surface area contributed by atoms with Gasteiger partial charge in [0.05, 0.1) is 0 Å². The van der Waals surface area contributed by atoms with Crippen LogP contribution in [0.25, 0.3) is 0 Å². The lowest BCUT2D eigenvalue weighted by molar-refractivity contribution is 0.0901. The summed E-state index contributed by atoms with van der Waals surface area (Å²) in [5.74, 6) is 0.0226. The van der Waals surface area contributed by atoms with Crippen molar-refractivity contribution >= 4 is 34.4 Å². The van der Waals surface area contributed by atoms with E-state index in [9.17, 15) is 4.79 Å². The molecule has 0 aliphatic rings. The maximum atomic E-state index is 13.2. The number of carbonyl (C=O) groups excluding carboxylic acids is 1. The second-order valence-electron chi connectivity index (χ2n) is 7.24. The lowest BCUT2D eigenvalue weighted by atomic mass is 10.2. The second-order valence-corrected chi connectivity index (χ2v) is 11.9. The molecule has 0 aliphatic heterocycles. The average molecular weight is 431 g/mol. The molecule has 0 radical (unpaired) electrons. The van der Waals surface area contributed by atoms with E-state index in [4.69, 9.17) is 16.8 Å². The van der Waals surface area contributed by atoms with Gasteiger partial charge in [0, 0.05) is 41.9 Å². The minimum absolute atomic E-state index is 0.0226. The minimum Gasteiger partial charge on any atom is -0.295 e. The first-order valence-electron chi connectivity index (χ1n) is 9.90. The van der Waals surface area contributed by atoms with Crippen LogP contribution in [0.15, 0.2) is 103 Å². The van der Waals surface area contributed by atoms with E-state index < -0.39 is 6.04 Å². The van der Waals surface area contributed by atoms with Crippen LogP contribution in [-0.2, 0) is 11.8 Å². The SMILES string of the molecule is Cc1cccc([C@H](CC(=O)n2cccc2)P(=S)(c2ccccc2)c2ccccc2)n1. The zero-order valence-corrected chi connectivity index (χ0v) is 18.5. The van der Waals surface area contributed by atoms with Crippen LogP contribution < -0.4 is 10.6 Å². The molecule has 30 heavy (non-hydrogen) atoms.